The minimum absolute atomic E-state index is 0.271. The fourth-order valence-electron chi connectivity index (χ4n) is 3.65. The van der Waals surface area contributed by atoms with Gasteiger partial charge in [0.2, 0.25) is 0 Å². The highest BCUT2D eigenvalue weighted by Gasteiger charge is 2.66. The zero-order valence-electron chi connectivity index (χ0n) is 10.4. The van der Waals surface area contributed by atoms with Gasteiger partial charge >= 0.3 is 0 Å². The minimum Gasteiger partial charge on any atom is -0.385 e. The van der Waals surface area contributed by atoms with Gasteiger partial charge < -0.3 is 10.1 Å². The highest BCUT2D eigenvalue weighted by atomic mass is 35.5. The molecular weight excluding hydrogens is 269 g/mol. The van der Waals surface area contributed by atoms with Crippen LogP contribution in [-0.4, -0.2) is 26.8 Å². The lowest BCUT2D eigenvalue weighted by molar-refractivity contribution is 0.185. The molecule has 1 unspecified atom stereocenters. The Hall–Kier alpha value is -0.280. The third-order valence-electron chi connectivity index (χ3n) is 4.57. The molecule has 2 aliphatic rings. The molecule has 2 fully saturated rings. The SMILES string of the molecule is COCC[C@H]1[C@@H]2CNCC12c1ccc(Cl)c(Cl)c1. The number of hydrogen-bond acceptors (Lipinski definition) is 2. The summed E-state index contributed by atoms with van der Waals surface area (Å²) in [6.07, 6.45) is 1.13. The maximum atomic E-state index is 6.15. The van der Waals surface area contributed by atoms with Gasteiger partial charge in [-0.05, 0) is 42.5 Å². The first kappa shape index (κ1) is 12.7. The predicted molar refractivity (Wildman–Crippen MR) is 74.5 cm³/mol. The molecule has 1 aliphatic carbocycles. The highest BCUT2D eigenvalue weighted by molar-refractivity contribution is 6.42. The second-order valence-electron chi connectivity index (χ2n) is 5.29. The molecule has 2 nitrogen and oxygen atoms in total. The van der Waals surface area contributed by atoms with Gasteiger partial charge in [0, 0.05) is 25.7 Å². The summed E-state index contributed by atoms with van der Waals surface area (Å²) in [5.41, 5.74) is 1.60. The molecule has 1 aromatic rings. The van der Waals surface area contributed by atoms with Gasteiger partial charge in [-0.25, -0.2) is 0 Å². The van der Waals surface area contributed by atoms with Crippen LogP contribution in [0, 0.1) is 11.8 Å². The first-order valence-corrected chi connectivity index (χ1v) is 7.11. The maximum absolute atomic E-state index is 6.15. The third kappa shape index (κ3) is 1.78. The quantitative estimate of drug-likeness (QED) is 0.918. The number of halogens is 2. The van der Waals surface area contributed by atoms with Crippen LogP contribution in [0.5, 0.6) is 0 Å². The van der Waals surface area contributed by atoms with Crippen molar-refractivity contribution in [3.05, 3.63) is 33.8 Å². The van der Waals surface area contributed by atoms with E-state index < -0.39 is 0 Å². The summed E-state index contributed by atoms with van der Waals surface area (Å²) >= 11 is 12.1. The van der Waals surface area contributed by atoms with Crippen molar-refractivity contribution in [2.75, 3.05) is 26.8 Å². The van der Waals surface area contributed by atoms with Crippen LogP contribution in [0.25, 0.3) is 0 Å². The molecule has 0 radical (unpaired) electrons. The largest absolute Gasteiger partial charge is 0.385 e. The Balaban J connectivity index is 1.87. The maximum Gasteiger partial charge on any atom is 0.0595 e. The second kappa shape index (κ2) is 4.68. The summed E-state index contributed by atoms with van der Waals surface area (Å²) in [5.74, 6) is 1.45. The molecule has 1 aromatic carbocycles. The lowest BCUT2D eigenvalue weighted by Gasteiger charge is -2.16. The lowest BCUT2D eigenvalue weighted by Crippen LogP contribution is -2.24. The van der Waals surface area contributed by atoms with Gasteiger partial charge in [-0.2, -0.15) is 0 Å². The smallest absolute Gasteiger partial charge is 0.0595 e. The van der Waals surface area contributed by atoms with E-state index in [9.17, 15) is 0 Å². The molecule has 1 aliphatic heterocycles. The Labute approximate surface area is 118 Å². The molecule has 98 valence electrons. The Morgan fingerprint density at radius 3 is 2.94 bits per heavy atom. The van der Waals surface area contributed by atoms with Gasteiger partial charge in [0.1, 0.15) is 0 Å². The van der Waals surface area contributed by atoms with Crippen LogP contribution in [0.15, 0.2) is 18.2 Å². The molecule has 0 aromatic heterocycles. The minimum atomic E-state index is 0.271. The van der Waals surface area contributed by atoms with E-state index >= 15 is 0 Å². The molecular formula is C14H17Cl2NO. The summed E-state index contributed by atoms with van der Waals surface area (Å²) in [7, 11) is 1.77. The van der Waals surface area contributed by atoms with Crippen molar-refractivity contribution in [1.29, 1.82) is 0 Å². The second-order valence-corrected chi connectivity index (χ2v) is 6.11. The van der Waals surface area contributed by atoms with E-state index in [0.717, 1.165) is 38.0 Å². The average molecular weight is 286 g/mol. The molecule has 3 atom stereocenters. The molecule has 0 amide bonds. The number of fused-ring (bicyclic) bond motifs is 1. The number of rotatable bonds is 4. The van der Waals surface area contributed by atoms with Crippen LogP contribution in [0.3, 0.4) is 0 Å². The first-order valence-electron chi connectivity index (χ1n) is 6.35. The number of methoxy groups -OCH3 is 1. The zero-order chi connectivity index (χ0) is 12.8. The first-order chi connectivity index (χ1) is 8.70. The van der Waals surface area contributed by atoms with Gasteiger partial charge in [-0.3, -0.25) is 0 Å². The monoisotopic (exact) mass is 285 g/mol. The van der Waals surface area contributed by atoms with Crippen LogP contribution in [0.2, 0.25) is 10.0 Å². The lowest BCUT2D eigenvalue weighted by atomic mass is 9.92. The van der Waals surface area contributed by atoms with Crippen LogP contribution in [-0.2, 0) is 10.2 Å². The highest BCUT2D eigenvalue weighted by Crippen LogP contribution is 2.63. The topological polar surface area (TPSA) is 21.3 Å². The molecule has 18 heavy (non-hydrogen) atoms. The fraction of sp³-hybridized carbons (Fsp3) is 0.571. The van der Waals surface area contributed by atoms with Crippen molar-refractivity contribution in [1.82, 2.24) is 5.32 Å². The van der Waals surface area contributed by atoms with Crippen LogP contribution in [0.4, 0.5) is 0 Å². The summed E-state index contributed by atoms with van der Waals surface area (Å²) < 4.78 is 5.21. The van der Waals surface area contributed by atoms with E-state index in [4.69, 9.17) is 27.9 Å². The van der Waals surface area contributed by atoms with Crippen molar-refractivity contribution in [2.24, 2.45) is 11.8 Å². The van der Waals surface area contributed by atoms with Crippen LogP contribution >= 0.6 is 23.2 Å². The van der Waals surface area contributed by atoms with Crippen molar-refractivity contribution < 1.29 is 4.74 Å². The van der Waals surface area contributed by atoms with Gasteiger partial charge in [0.15, 0.2) is 0 Å². The number of ether oxygens (including phenoxy) is 1. The molecule has 0 bridgehead atoms. The van der Waals surface area contributed by atoms with E-state index in [1.54, 1.807) is 7.11 Å². The van der Waals surface area contributed by atoms with Gasteiger partial charge in [0.05, 0.1) is 10.0 Å². The normalized spacial score (nSPS) is 33.5. The summed E-state index contributed by atoms with van der Waals surface area (Å²) in [5, 5.41) is 4.78. The summed E-state index contributed by atoms with van der Waals surface area (Å²) in [6, 6.07) is 6.08. The standard InChI is InChI=1S/C14H17Cl2NO/c1-18-5-4-10-11-7-17-8-14(10,11)9-2-3-12(15)13(16)6-9/h2-3,6,10-11,17H,4-5,7-8H2,1H3/t10-,11-,14?/m0/s1. The molecule has 4 heteroatoms. The molecule has 1 N–H and O–H groups in total. The Kier molecular flexibility index (Phi) is 3.31. The Morgan fingerprint density at radius 1 is 1.39 bits per heavy atom. The zero-order valence-corrected chi connectivity index (χ0v) is 11.9. The molecule has 3 rings (SSSR count). The Morgan fingerprint density at radius 2 is 2.22 bits per heavy atom. The van der Waals surface area contributed by atoms with Crippen LogP contribution < -0.4 is 5.32 Å². The van der Waals surface area contributed by atoms with Crippen molar-refractivity contribution in [2.45, 2.75) is 11.8 Å². The third-order valence-corrected chi connectivity index (χ3v) is 5.31. The van der Waals surface area contributed by atoms with Crippen LogP contribution in [0.1, 0.15) is 12.0 Å². The molecule has 1 heterocycles. The van der Waals surface area contributed by atoms with E-state index in [1.807, 2.05) is 12.1 Å². The fourth-order valence-corrected chi connectivity index (χ4v) is 3.94. The number of piperidine rings is 1. The number of benzene rings is 1. The van der Waals surface area contributed by atoms with E-state index in [1.165, 1.54) is 5.56 Å². The molecule has 1 saturated heterocycles. The van der Waals surface area contributed by atoms with Gasteiger partial charge in [-0.15, -0.1) is 0 Å². The molecule has 0 spiro atoms. The van der Waals surface area contributed by atoms with E-state index in [-0.39, 0.29) is 5.41 Å². The van der Waals surface area contributed by atoms with Gasteiger partial charge in [-0.1, -0.05) is 29.3 Å². The van der Waals surface area contributed by atoms with Crippen molar-refractivity contribution in [3.8, 4) is 0 Å². The van der Waals surface area contributed by atoms with E-state index in [2.05, 4.69) is 11.4 Å². The number of hydrogen-bond donors (Lipinski definition) is 1. The average Bonchev–Trinajstić information content (AvgIpc) is 2.77. The summed E-state index contributed by atoms with van der Waals surface area (Å²) in [6.45, 7) is 2.99. The predicted octanol–water partition coefficient (Wildman–Crippen LogP) is 3.12. The molecule has 1 saturated carbocycles. The van der Waals surface area contributed by atoms with E-state index in [0.29, 0.717) is 10.0 Å². The Bertz CT molecular complexity index is 465. The number of nitrogens with one attached hydrogen (secondary N) is 1. The van der Waals surface area contributed by atoms with Crippen molar-refractivity contribution >= 4 is 23.2 Å². The van der Waals surface area contributed by atoms with Crippen molar-refractivity contribution in [3.63, 3.8) is 0 Å². The van der Waals surface area contributed by atoms with Gasteiger partial charge in [0.25, 0.3) is 0 Å². The summed E-state index contributed by atoms with van der Waals surface area (Å²) in [4.78, 5) is 0.